The SMILES string of the molecule is CC(C)COCCN(CCBr)C1CCCC1. The van der Waals surface area contributed by atoms with Crippen LogP contribution in [0.3, 0.4) is 0 Å². The first-order chi connectivity index (χ1) is 7.74. The minimum Gasteiger partial charge on any atom is -0.380 e. The molecule has 2 nitrogen and oxygen atoms in total. The number of ether oxygens (including phenoxy) is 1. The highest BCUT2D eigenvalue weighted by Gasteiger charge is 2.21. The third kappa shape index (κ3) is 5.65. The zero-order valence-electron chi connectivity index (χ0n) is 10.8. The van der Waals surface area contributed by atoms with Crippen molar-refractivity contribution in [2.24, 2.45) is 5.92 Å². The van der Waals surface area contributed by atoms with Gasteiger partial charge in [0.15, 0.2) is 0 Å². The molecule has 0 saturated heterocycles. The van der Waals surface area contributed by atoms with Gasteiger partial charge in [-0.1, -0.05) is 42.6 Å². The summed E-state index contributed by atoms with van der Waals surface area (Å²) < 4.78 is 5.67. The Hall–Kier alpha value is 0.400. The van der Waals surface area contributed by atoms with Crippen LogP contribution in [0.1, 0.15) is 39.5 Å². The fraction of sp³-hybridized carbons (Fsp3) is 1.00. The van der Waals surface area contributed by atoms with Gasteiger partial charge in [-0.3, -0.25) is 4.90 Å². The van der Waals surface area contributed by atoms with Crippen LogP contribution in [-0.2, 0) is 4.74 Å². The molecule has 0 atom stereocenters. The van der Waals surface area contributed by atoms with Crippen molar-refractivity contribution in [3.05, 3.63) is 0 Å². The molecular formula is C13H26BrNO. The van der Waals surface area contributed by atoms with E-state index in [-0.39, 0.29) is 0 Å². The van der Waals surface area contributed by atoms with E-state index in [4.69, 9.17) is 4.74 Å². The van der Waals surface area contributed by atoms with Gasteiger partial charge in [0, 0.05) is 31.1 Å². The minimum atomic E-state index is 0.649. The fourth-order valence-corrected chi connectivity index (χ4v) is 2.81. The van der Waals surface area contributed by atoms with Crippen molar-refractivity contribution in [1.29, 1.82) is 0 Å². The molecule has 1 aliphatic rings. The summed E-state index contributed by atoms with van der Waals surface area (Å²) in [7, 11) is 0. The van der Waals surface area contributed by atoms with Gasteiger partial charge >= 0.3 is 0 Å². The molecule has 0 unspecified atom stereocenters. The highest BCUT2D eigenvalue weighted by molar-refractivity contribution is 9.09. The Bertz CT molecular complexity index is 169. The van der Waals surface area contributed by atoms with Crippen LogP contribution in [0.15, 0.2) is 0 Å². The van der Waals surface area contributed by atoms with Crippen LogP contribution < -0.4 is 0 Å². The van der Waals surface area contributed by atoms with Crippen molar-refractivity contribution >= 4 is 15.9 Å². The molecule has 0 aliphatic heterocycles. The van der Waals surface area contributed by atoms with Gasteiger partial charge < -0.3 is 4.74 Å². The van der Waals surface area contributed by atoms with Crippen LogP contribution in [0.25, 0.3) is 0 Å². The summed E-state index contributed by atoms with van der Waals surface area (Å²) in [5.41, 5.74) is 0. The van der Waals surface area contributed by atoms with Gasteiger partial charge in [0.05, 0.1) is 6.61 Å². The maximum absolute atomic E-state index is 5.67. The molecule has 3 heteroatoms. The Labute approximate surface area is 109 Å². The van der Waals surface area contributed by atoms with Crippen molar-refractivity contribution < 1.29 is 4.74 Å². The van der Waals surface area contributed by atoms with Crippen LogP contribution >= 0.6 is 15.9 Å². The number of hydrogen-bond acceptors (Lipinski definition) is 2. The Balaban J connectivity index is 2.17. The molecule has 0 radical (unpaired) electrons. The second kappa shape index (κ2) is 8.48. The van der Waals surface area contributed by atoms with Crippen molar-refractivity contribution in [1.82, 2.24) is 4.90 Å². The molecule has 1 saturated carbocycles. The molecule has 0 heterocycles. The van der Waals surface area contributed by atoms with Crippen LogP contribution in [-0.4, -0.2) is 42.6 Å². The van der Waals surface area contributed by atoms with Crippen LogP contribution in [0.2, 0.25) is 0 Å². The Morgan fingerprint density at radius 3 is 2.50 bits per heavy atom. The van der Waals surface area contributed by atoms with Gasteiger partial charge in [0.2, 0.25) is 0 Å². The lowest BCUT2D eigenvalue weighted by atomic mass is 10.2. The number of halogens is 1. The topological polar surface area (TPSA) is 12.5 Å². The average molecular weight is 292 g/mol. The Kier molecular flexibility index (Phi) is 7.67. The first kappa shape index (κ1) is 14.5. The van der Waals surface area contributed by atoms with E-state index in [1.54, 1.807) is 0 Å². The van der Waals surface area contributed by atoms with Crippen LogP contribution in [0, 0.1) is 5.92 Å². The number of rotatable bonds is 8. The molecule has 0 spiro atoms. The molecule has 0 aromatic heterocycles. The summed E-state index contributed by atoms with van der Waals surface area (Å²) in [5.74, 6) is 0.649. The lowest BCUT2D eigenvalue weighted by Gasteiger charge is -2.28. The second-order valence-corrected chi connectivity index (χ2v) is 5.92. The normalized spacial score (nSPS) is 17.8. The average Bonchev–Trinajstić information content (AvgIpc) is 2.75. The van der Waals surface area contributed by atoms with E-state index in [1.165, 1.54) is 25.7 Å². The van der Waals surface area contributed by atoms with Crippen LogP contribution in [0.5, 0.6) is 0 Å². The lowest BCUT2D eigenvalue weighted by molar-refractivity contribution is 0.0751. The third-order valence-corrected chi connectivity index (χ3v) is 3.54. The zero-order chi connectivity index (χ0) is 11.8. The van der Waals surface area contributed by atoms with Gasteiger partial charge in [0.25, 0.3) is 0 Å². The summed E-state index contributed by atoms with van der Waals surface area (Å²) in [6, 6.07) is 0.820. The predicted octanol–water partition coefficient (Wildman–Crippen LogP) is 3.30. The standard InChI is InChI=1S/C13H26BrNO/c1-12(2)11-16-10-9-15(8-7-14)13-5-3-4-6-13/h12-13H,3-11H2,1-2H3. The van der Waals surface area contributed by atoms with Crippen LogP contribution in [0.4, 0.5) is 0 Å². The van der Waals surface area contributed by atoms with Crippen molar-refractivity contribution in [3.63, 3.8) is 0 Å². The molecule has 0 bridgehead atoms. The molecule has 0 aromatic carbocycles. The molecular weight excluding hydrogens is 266 g/mol. The predicted molar refractivity (Wildman–Crippen MR) is 73.3 cm³/mol. The summed E-state index contributed by atoms with van der Waals surface area (Å²) in [5, 5.41) is 1.08. The Morgan fingerprint density at radius 1 is 1.25 bits per heavy atom. The molecule has 0 amide bonds. The zero-order valence-corrected chi connectivity index (χ0v) is 12.3. The molecule has 1 rings (SSSR count). The Morgan fingerprint density at radius 2 is 1.94 bits per heavy atom. The van der Waals surface area contributed by atoms with Gasteiger partial charge in [-0.2, -0.15) is 0 Å². The summed E-state index contributed by atoms with van der Waals surface area (Å²) in [6.07, 6.45) is 5.60. The molecule has 96 valence electrons. The second-order valence-electron chi connectivity index (χ2n) is 5.13. The van der Waals surface area contributed by atoms with E-state index in [1.807, 2.05) is 0 Å². The van der Waals surface area contributed by atoms with Crippen molar-refractivity contribution in [2.45, 2.75) is 45.6 Å². The molecule has 0 aromatic rings. The summed E-state index contributed by atoms with van der Waals surface area (Å²) >= 11 is 3.55. The number of alkyl halides is 1. The van der Waals surface area contributed by atoms with Crippen molar-refractivity contribution in [3.8, 4) is 0 Å². The largest absolute Gasteiger partial charge is 0.380 e. The first-order valence-electron chi connectivity index (χ1n) is 6.61. The molecule has 0 N–H and O–H groups in total. The third-order valence-electron chi connectivity index (χ3n) is 3.19. The van der Waals surface area contributed by atoms with E-state index in [0.29, 0.717) is 5.92 Å². The minimum absolute atomic E-state index is 0.649. The summed E-state index contributed by atoms with van der Waals surface area (Å²) in [4.78, 5) is 2.60. The maximum Gasteiger partial charge on any atom is 0.0593 e. The fourth-order valence-electron chi connectivity index (χ4n) is 2.36. The monoisotopic (exact) mass is 291 g/mol. The molecule has 16 heavy (non-hydrogen) atoms. The summed E-state index contributed by atoms with van der Waals surface area (Å²) in [6.45, 7) is 8.45. The van der Waals surface area contributed by atoms with Crippen molar-refractivity contribution in [2.75, 3.05) is 31.6 Å². The van der Waals surface area contributed by atoms with Gasteiger partial charge in [0.1, 0.15) is 0 Å². The van der Waals surface area contributed by atoms with E-state index in [0.717, 1.165) is 37.7 Å². The number of nitrogens with zero attached hydrogens (tertiary/aromatic N) is 1. The first-order valence-corrected chi connectivity index (χ1v) is 7.74. The van der Waals surface area contributed by atoms with Gasteiger partial charge in [-0.25, -0.2) is 0 Å². The van der Waals surface area contributed by atoms with Gasteiger partial charge in [-0.05, 0) is 18.8 Å². The molecule has 1 fully saturated rings. The van der Waals surface area contributed by atoms with Gasteiger partial charge in [-0.15, -0.1) is 0 Å². The van der Waals surface area contributed by atoms with E-state index >= 15 is 0 Å². The lowest BCUT2D eigenvalue weighted by Crippen LogP contribution is -2.37. The van der Waals surface area contributed by atoms with E-state index in [2.05, 4.69) is 34.7 Å². The smallest absolute Gasteiger partial charge is 0.0593 e. The highest BCUT2D eigenvalue weighted by Crippen LogP contribution is 2.23. The van der Waals surface area contributed by atoms with E-state index < -0.39 is 0 Å². The maximum atomic E-state index is 5.67. The number of hydrogen-bond donors (Lipinski definition) is 0. The quantitative estimate of drug-likeness (QED) is 0.503. The molecule has 1 aliphatic carbocycles. The van der Waals surface area contributed by atoms with E-state index in [9.17, 15) is 0 Å². The highest BCUT2D eigenvalue weighted by atomic mass is 79.9.